The molecule has 160 valence electrons. The molecule has 0 saturated carbocycles. The maximum absolute atomic E-state index is 13.3. The third kappa shape index (κ3) is 5.04. The van der Waals surface area contributed by atoms with Crippen molar-refractivity contribution in [3.05, 3.63) is 96.3 Å². The molecule has 0 aliphatic rings. The van der Waals surface area contributed by atoms with Crippen LogP contribution in [0.5, 0.6) is 17.5 Å². The quantitative estimate of drug-likeness (QED) is 0.436. The van der Waals surface area contributed by atoms with Crippen molar-refractivity contribution in [2.45, 2.75) is 0 Å². The number of ether oxygens (including phenoxy) is 2. The Morgan fingerprint density at radius 2 is 1.50 bits per heavy atom. The van der Waals surface area contributed by atoms with Gasteiger partial charge in [0.2, 0.25) is 0 Å². The number of halogens is 2. The molecule has 0 atom stereocenters. The summed E-state index contributed by atoms with van der Waals surface area (Å²) in [5.41, 5.74) is 1.70. The molecule has 0 saturated heterocycles. The predicted molar refractivity (Wildman–Crippen MR) is 115 cm³/mol. The summed E-state index contributed by atoms with van der Waals surface area (Å²) in [7, 11) is 1.58. The molecule has 0 unspecified atom stereocenters. The molecule has 1 amide bonds. The van der Waals surface area contributed by atoms with Gasteiger partial charge in [0.25, 0.3) is 5.91 Å². The Kier molecular flexibility index (Phi) is 6.03. The molecular formula is C24H17F2N3O3. The number of hydrogen-bond acceptors (Lipinski definition) is 5. The molecule has 4 rings (SSSR count). The van der Waals surface area contributed by atoms with E-state index in [1.54, 1.807) is 68.0 Å². The highest BCUT2D eigenvalue weighted by Gasteiger charge is 2.10. The molecule has 0 aliphatic heterocycles. The lowest BCUT2D eigenvalue weighted by molar-refractivity contribution is 0.102. The lowest BCUT2D eigenvalue weighted by atomic mass is 10.1. The minimum atomic E-state index is -0.775. The van der Waals surface area contributed by atoms with Gasteiger partial charge in [0.15, 0.2) is 0 Å². The van der Waals surface area contributed by atoms with Gasteiger partial charge in [-0.25, -0.2) is 18.7 Å². The number of nitrogens with one attached hydrogen (secondary N) is 1. The first kappa shape index (κ1) is 20.9. The van der Waals surface area contributed by atoms with Crippen LogP contribution in [0.25, 0.3) is 11.1 Å². The number of rotatable bonds is 6. The first-order valence-corrected chi connectivity index (χ1v) is 9.52. The second-order valence-corrected chi connectivity index (χ2v) is 6.72. The first-order valence-electron chi connectivity index (χ1n) is 9.52. The number of nitrogens with zero attached hydrogens (tertiary/aromatic N) is 2. The average molecular weight is 433 g/mol. The monoisotopic (exact) mass is 433 g/mol. The van der Waals surface area contributed by atoms with Crippen LogP contribution in [0.1, 0.15) is 10.4 Å². The van der Waals surface area contributed by atoms with Gasteiger partial charge in [-0.1, -0.05) is 12.1 Å². The Morgan fingerprint density at radius 3 is 2.16 bits per heavy atom. The molecule has 1 N–H and O–H groups in total. The number of hydrogen-bond donors (Lipinski definition) is 1. The van der Waals surface area contributed by atoms with Crippen molar-refractivity contribution in [1.29, 1.82) is 0 Å². The standard InChI is InChI=1S/C24H17F2N3O3/c1-31-21-5-7-22(8-6-21)32-24-27-13-17(14-28-24)15-3-2-4-16(9-15)23(30)29-20-11-18(25)10-19(26)12-20/h2-14H,1H3,(H,29,30). The van der Waals surface area contributed by atoms with Crippen LogP contribution in [-0.2, 0) is 0 Å². The SMILES string of the molecule is COc1ccc(Oc2ncc(-c3cccc(C(=O)Nc4cc(F)cc(F)c4)c3)cn2)cc1. The smallest absolute Gasteiger partial charge is 0.321 e. The number of anilines is 1. The fourth-order valence-corrected chi connectivity index (χ4v) is 2.94. The molecule has 8 heteroatoms. The topological polar surface area (TPSA) is 73.3 Å². The fourth-order valence-electron chi connectivity index (χ4n) is 2.94. The summed E-state index contributed by atoms with van der Waals surface area (Å²) < 4.78 is 37.4. The first-order chi connectivity index (χ1) is 15.5. The van der Waals surface area contributed by atoms with Crippen LogP contribution in [0.3, 0.4) is 0 Å². The number of amides is 1. The van der Waals surface area contributed by atoms with Crippen molar-refractivity contribution in [3.63, 3.8) is 0 Å². The highest BCUT2D eigenvalue weighted by atomic mass is 19.1. The van der Waals surface area contributed by atoms with Gasteiger partial charge < -0.3 is 14.8 Å². The van der Waals surface area contributed by atoms with E-state index in [1.165, 1.54) is 0 Å². The van der Waals surface area contributed by atoms with Gasteiger partial charge in [-0.15, -0.1) is 0 Å². The number of aromatic nitrogens is 2. The van der Waals surface area contributed by atoms with Gasteiger partial charge in [0.1, 0.15) is 23.1 Å². The molecule has 0 aliphatic carbocycles. The zero-order valence-electron chi connectivity index (χ0n) is 16.9. The molecule has 3 aromatic carbocycles. The number of carbonyl (C=O) groups is 1. The highest BCUT2D eigenvalue weighted by molar-refractivity contribution is 6.04. The highest BCUT2D eigenvalue weighted by Crippen LogP contribution is 2.24. The van der Waals surface area contributed by atoms with Gasteiger partial charge in [0, 0.05) is 35.3 Å². The van der Waals surface area contributed by atoms with E-state index >= 15 is 0 Å². The molecule has 0 spiro atoms. The Labute approximate surface area is 182 Å². The largest absolute Gasteiger partial charge is 0.497 e. The normalized spacial score (nSPS) is 10.5. The molecule has 1 heterocycles. The number of carbonyl (C=O) groups excluding carboxylic acids is 1. The number of methoxy groups -OCH3 is 1. The lowest BCUT2D eigenvalue weighted by Crippen LogP contribution is -2.12. The maximum atomic E-state index is 13.3. The van der Waals surface area contributed by atoms with Gasteiger partial charge >= 0.3 is 6.01 Å². The summed E-state index contributed by atoms with van der Waals surface area (Å²) in [6, 6.07) is 16.7. The van der Waals surface area contributed by atoms with Crippen LogP contribution in [0.15, 0.2) is 79.1 Å². The summed E-state index contributed by atoms with van der Waals surface area (Å²) in [4.78, 5) is 20.9. The van der Waals surface area contributed by atoms with Gasteiger partial charge in [-0.05, 0) is 54.1 Å². The minimum Gasteiger partial charge on any atom is -0.497 e. The summed E-state index contributed by atoms with van der Waals surface area (Å²) in [6.07, 6.45) is 3.15. The van der Waals surface area contributed by atoms with Crippen LogP contribution >= 0.6 is 0 Å². The van der Waals surface area contributed by atoms with E-state index in [-0.39, 0.29) is 11.7 Å². The molecular weight excluding hydrogens is 416 g/mol. The zero-order valence-corrected chi connectivity index (χ0v) is 16.9. The molecule has 1 aromatic heterocycles. The Bertz CT molecular complexity index is 1230. The molecule has 32 heavy (non-hydrogen) atoms. The summed E-state index contributed by atoms with van der Waals surface area (Å²) in [5.74, 6) is -0.783. The van der Waals surface area contributed by atoms with Crippen LogP contribution in [0, 0.1) is 11.6 Å². The lowest BCUT2D eigenvalue weighted by Gasteiger charge is -2.08. The van der Waals surface area contributed by atoms with E-state index in [9.17, 15) is 13.6 Å². The third-order valence-corrected chi connectivity index (χ3v) is 4.48. The van der Waals surface area contributed by atoms with Gasteiger partial charge in [-0.3, -0.25) is 4.79 Å². The predicted octanol–water partition coefficient (Wildman–Crippen LogP) is 5.48. The second kappa shape index (κ2) is 9.22. The second-order valence-electron chi connectivity index (χ2n) is 6.72. The van der Waals surface area contributed by atoms with Crippen molar-refractivity contribution in [2.24, 2.45) is 0 Å². The number of benzene rings is 3. The summed E-state index contributed by atoms with van der Waals surface area (Å²) >= 11 is 0. The van der Waals surface area contributed by atoms with Crippen molar-refractivity contribution in [3.8, 4) is 28.6 Å². The Hall–Kier alpha value is -4.33. The summed E-state index contributed by atoms with van der Waals surface area (Å²) in [6.45, 7) is 0. The van der Waals surface area contributed by atoms with Gasteiger partial charge in [-0.2, -0.15) is 0 Å². The fraction of sp³-hybridized carbons (Fsp3) is 0.0417. The van der Waals surface area contributed by atoms with E-state index in [1.807, 2.05) is 0 Å². The van der Waals surface area contributed by atoms with Crippen LogP contribution in [0.2, 0.25) is 0 Å². The Balaban J connectivity index is 1.48. The minimum absolute atomic E-state index is 0.0290. The molecule has 6 nitrogen and oxygen atoms in total. The van der Waals surface area contributed by atoms with Crippen LogP contribution in [-0.4, -0.2) is 23.0 Å². The molecule has 4 aromatic rings. The maximum Gasteiger partial charge on any atom is 0.321 e. The molecule has 0 bridgehead atoms. The van der Waals surface area contributed by atoms with Crippen molar-refractivity contribution >= 4 is 11.6 Å². The van der Waals surface area contributed by atoms with E-state index in [4.69, 9.17) is 9.47 Å². The zero-order chi connectivity index (χ0) is 22.5. The van der Waals surface area contributed by atoms with E-state index in [2.05, 4.69) is 15.3 Å². The summed E-state index contributed by atoms with van der Waals surface area (Å²) in [5, 5.41) is 2.48. The van der Waals surface area contributed by atoms with Gasteiger partial charge in [0.05, 0.1) is 7.11 Å². The van der Waals surface area contributed by atoms with E-state index in [0.29, 0.717) is 28.2 Å². The Morgan fingerprint density at radius 1 is 0.844 bits per heavy atom. The molecule has 0 fully saturated rings. The van der Waals surface area contributed by atoms with Crippen molar-refractivity contribution in [1.82, 2.24) is 9.97 Å². The van der Waals surface area contributed by atoms with Crippen molar-refractivity contribution in [2.75, 3.05) is 12.4 Å². The van der Waals surface area contributed by atoms with E-state index < -0.39 is 17.5 Å². The third-order valence-electron chi connectivity index (χ3n) is 4.48. The average Bonchev–Trinajstić information content (AvgIpc) is 2.79. The van der Waals surface area contributed by atoms with Crippen molar-refractivity contribution < 1.29 is 23.0 Å². The van der Waals surface area contributed by atoms with Crippen LogP contribution in [0.4, 0.5) is 14.5 Å². The molecule has 0 radical (unpaired) electrons. The van der Waals surface area contributed by atoms with E-state index in [0.717, 1.165) is 18.2 Å². The van der Waals surface area contributed by atoms with Crippen LogP contribution < -0.4 is 14.8 Å².